The maximum Gasteiger partial charge on any atom is 0.295 e. The van der Waals surface area contributed by atoms with Crippen LogP contribution in [-0.2, 0) is 0 Å². The predicted molar refractivity (Wildman–Crippen MR) is 73.2 cm³/mol. The zero-order valence-corrected chi connectivity index (χ0v) is 11.2. The van der Waals surface area contributed by atoms with Crippen molar-refractivity contribution in [1.82, 2.24) is 19.7 Å². The first kappa shape index (κ1) is 13.2. The van der Waals surface area contributed by atoms with Crippen molar-refractivity contribution in [2.75, 3.05) is 13.1 Å². The molecule has 0 saturated carbocycles. The molecule has 8 nitrogen and oxygen atoms in total. The van der Waals surface area contributed by atoms with Crippen LogP contribution in [0.25, 0.3) is 5.69 Å². The third-order valence-corrected chi connectivity index (χ3v) is 3.48. The summed E-state index contributed by atoms with van der Waals surface area (Å²) in [4.78, 5) is 28.5. The quantitative estimate of drug-likeness (QED) is 0.628. The molecule has 3 rings (SSSR count). The van der Waals surface area contributed by atoms with Gasteiger partial charge in [-0.3, -0.25) is 14.9 Å². The summed E-state index contributed by atoms with van der Waals surface area (Å²) in [6.45, 7) is 1.41. The number of nitrogens with zero attached hydrogens (tertiary/aromatic N) is 5. The van der Waals surface area contributed by atoms with Gasteiger partial charge in [-0.25, -0.2) is 9.67 Å². The minimum absolute atomic E-state index is 0.162. The second kappa shape index (κ2) is 5.31. The van der Waals surface area contributed by atoms with Crippen molar-refractivity contribution in [2.24, 2.45) is 0 Å². The van der Waals surface area contributed by atoms with Gasteiger partial charge in [0.15, 0.2) is 0 Å². The molecule has 0 bridgehead atoms. The fraction of sp³-hybridized carbons (Fsp3) is 0.308. The minimum Gasteiger partial charge on any atom is -0.339 e. The zero-order valence-electron chi connectivity index (χ0n) is 11.2. The van der Waals surface area contributed by atoms with Crippen molar-refractivity contribution >= 4 is 11.6 Å². The Bertz CT molecular complexity index is 677. The van der Waals surface area contributed by atoms with Crippen LogP contribution in [0.15, 0.2) is 30.9 Å². The van der Waals surface area contributed by atoms with Gasteiger partial charge in [0, 0.05) is 24.7 Å². The summed E-state index contributed by atoms with van der Waals surface area (Å²) in [6, 6.07) is 4.42. The number of rotatable bonds is 3. The van der Waals surface area contributed by atoms with Gasteiger partial charge < -0.3 is 4.90 Å². The fourth-order valence-electron chi connectivity index (χ4n) is 2.43. The maximum atomic E-state index is 12.3. The first-order valence-electron chi connectivity index (χ1n) is 6.59. The third-order valence-electron chi connectivity index (χ3n) is 3.48. The Hall–Kier alpha value is -2.77. The van der Waals surface area contributed by atoms with E-state index in [1.54, 1.807) is 11.0 Å². The molecule has 1 aromatic heterocycles. The molecule has 21 heavy (non-hydrogen) atoms. The Kier molecular flexibility index (Phi) is 3.35. The van der Waals surface area contributed by atoms with Crippen molar-refractivity contribution in [2.45, 2.75) is 12.8 Å². The van der Waals surface area contributed by atoms with Crippen molar-refractivity contribution in [3.8, 4) is 5.69 Å². The van der Waals surface area contributed by atoms with E-state index in [-0.39, 0.29) is 17.3 Å². The topological polar surface area (TPSA) is 94.2 Å². The van der Waals surface area contributed by atoms with Crippen LogP contribution in [0.5, 0.6) is 0 Å². The smallest absolute Gasteiger partial charge is 0.295 e. The van der Waals surface area contributed by atoms with E-state index in [0.29, 0.717) is 18.7 Å². The van der Waals surface area contributed by atoms with E-state index in [1.807, 2.05) is 0 Å². The number of carbonyl (C=O) groups is 1. The fourth-order valence-corrected chi connectivity index (χ4v) is 2.43. The molecule has 1 amide bonds. The van der Waals surface area contributed by atoms with Crippen LogP contribution >= 0.6 is 0 Å². The molecular formula is C13H13N5O3. The Morgan fingerprint density at radius 2 is 2.05 bits per heavy atom. The molecule has 0 atom stereocenters. The molecule has 0 aliphatic carbocycles. The Morgan fingerprint density at radius 3 is 2.67 bits per heavy atom. The number of hydrogen-bond donors (Lipinski definition) is 0. The molecule has 0 radical (unpaired) electrons. The van der Waals surface area contributed by atoms with Gasteiger partial charge in [0.25, 0.3) is 11.6 Å². The monoisotopic (exact) mass is 287 g/mol. The molecule has 1 aliphatic rings. The molecule has 2 heterocycles. The third kappa shape index (κ3) is 2.47. The summed E-state index contributed by atoms with van der Waals surface area (Å²) in [5.74, 6) is -0.166. The molecule has 0 N–H and O–H groups in total. The molecule has 0 unspecified atom stereocenters. The molecular weight excluding hydrogens is 274 g/mol. The summed E-state index contributed by atoms with van der Waals surface area (Å²) in [7, 11) is 0. The van der Waals surface area contributed by atoms with Gasteiger partial charge in [-0.1, -0.05) is 0 Å². The first-order valence-corrected chi connectivity index (χ1v) is 6.59. The highest BCUT2D eigenvalue weighted by Crippen LogP contribution is 2.25. The van der Waals surface area contributed by atoms with Gasteiger partial charge >= 0.3 is 0 Å². The van der Waals surface area contributed by atoms with Gasteiger partial charge in [-0.2, -0.15) is 5.10 Å². The summed E-state index contributed by atoms with van der Waals surface area (Å²) in [5.41, 5.74) is 0.452. The standard InChI is InChI=1S/C13H13N5O3/c19-13(16-5-1-2-6-16)10-3-4-11(12(7-10)18(20)21)17-9-14-8-15-17/h3-4,7-9H,1-2,5-6H2. The normalized spacial score (nSPS) is 14.4. The van der Waals surface area contributed by atoms with Crippen molar-refractivity contribution in [3.05, 3.63) is 46.5 Å². The number of aromatic nitrogens is 3. The maximum absolute atomic E-state index is 12.3. The van der Waals surface area contributed by atoms with Crippen LogP contribution in [0.4, 0.5) is 5.69 Å². The molecule has 1 saturated heterocycles. The summed E-state index contributed by atoms with van der Waals surface area (Å²) in [5, 5.41) is 15.1. The average Bonchev–Trinajstić information content (AvgIpc) is 3.19. The van der Waals surface area contributed by atoms with E-state index in [0.717, 1.165) is 12.8 Å². The Balaban J connectivity index is 1.99. The van der Waals surface area contributed by atoms with Gasteiger partial charge in [-0.05, 0) is 25.0 Å². The summed E-state index contributed by atoms with van der Waals surface area (Å²) in [6.07, 6.45) is 4.63. The number of carbonyl (C=O) groups excluding carboxylic acids is 1. The second-order valence-electron chi connectivity index (χ2n) is 4.80. The van der Waals surface area contributed by atoms with Crippen LogP contribution in [-0.4, -0.2) is 43.6 Å². The number of amides is 1. The highest BCUT2D eigenvalue weighted by atomic mass is 16.6. The lowest BCUT2D eigenvalue weighted by molar-refractivity contribution is -0.384. The highest BCUT2D eigenvalue weighted by molar-refractivity contribution is 5.95. The molecule has 108 valence electrons. The van der Waals surface area contributed by atoms with Gasteiger partial charge in [0.1, 0.15) is 18.3 Å². The lowest BCUT2D eigenvalue weighted by atomic mass is 10.1. The van der Waals surface area contributed by atoms with E-state index in [4.69, 9.17) is 0 Å². The van der Waals surface area contributed by atoms with Crippen LogP contribution in [0.3, 0.4) is 0 Å². The highest BCUT2D eigenvalue weighted by Gasteiger charge is 2.23. The van der Waals surface area contributed by atoms with Gasteiger partial charge in [-0.15, -0.1) is 0 Å². The second-order valence-corrected chi connectivity index (χ2v) is 4.80. The zero-order chi connectivity index (χ0) is 14.8. The Morgan fingerprint density at radius 1 is 1.29 bits per heavy atom. The molecule has 1 aliphatic heterocycles. The average molecular weight is 287 g/mol. The largest absolute Gasteiger partial charge is 0.339 e. The minimum atomic E-state index is -0.516. The number of likely N-dealkylation sites (tertiary alicyclic amines) is 1. The van der Waals surface area contributed by atoms with E-state index in [2.05, 4.69) is 10.1 Å². The van der Waals surface area contributed by atoms with Crippen LogP contribution in [0.2, 0.25) is 0 Å². The van der Waals surface area contributed by atoms with Crippen LogP contribution in [0, 0.1) is 10.1 Å². The SMILES string of the molecule is O=C(c1ccc(-n2cncn2)c([N+](=O)[O-])c1)N1CCCC1. The van der Waals surface area contributed by atoms with Gasteiger partial charge in [0.05, 0.1) is 4.92 Å². The number of benzene rings is 1. The molecule has 0 spiro atoms. The van der Waals surface area contributed by atoms with E-state index in [9.17, 15) is 14.9 Å². The molecule has 1 fully saturated rings. The molecule has 8 heteroatoms. The Labute approximate surface area is 120 Å². The van der Waals surface area contributed by atoms with E-state index < -0.39 is 4.92 Å². The lowest BCUT2D eigenvalue weighted by Gasteiger charge is -2.15. The van der Waals surface area contributed by atoms with E-state index >= 15 is 0 Å². The number of nitro groups is 1. The van der Waals surface area contributed by atoms with Crippen LogP contribution in [0.1, 0.15) is 23.2 Å². The van der Waals surface area contributed by atoms with Crippen LogP contribution < -0.4 is 0 Å². The molecule has 1 aromatic carbocycles. The van der Waals surface area contributed by atoms with Crippen molar-refractivity contribution in [3.63, 3.8) is 0 Å². The number of hydrogen-bond acceptors (Lipinski definition) is 5. The summed E-state index contributed by atoms with van der Waals surface area (Å²) < 4.78 is 1.31. The summed E-state index contributed by atoms with van der Waals surface area (Å²) >= 11 is 0. The van der Waals surface area contributed by atoms with Gasteiger partial charge in [0.2, 0.25) is 0 Å². The molecule has 2 aromatic rings. The predicted octanol–water partition coefficient (Wildman–Crippen LogP) is 1.41. The number of nitro benzene ring substituents is 1. The van der Waals surface area contributed by atoms with E-state index in [1.165, 1.54) is 29.5 Å². The lowest BCUT2D eigenvalue weighted by Crippen LogP contribution is -2.27. The van der Waals surface area contributed by atoms with Crippen molar-refractivity contribution < 1.29 is 9.72 Å². The van der Waals surface area contributed by atoms with Crippen molar-refractivity contribution in [1.29, 1.82) is 0 Å². The first-order chi connectivity index (χ1) is 10.2.